The van der Waals surface area contributed by atoms with Crippen LogP contribution in [0.4, 0.5) is 13.2 Å². The molecule has 0 unspecified atom stereocenters. The van der Waals surface area contributed by atoms with Crippen LogP contribution in [0, 0.1) is 11.8 Å². The molecular formula is C14H17ClF3N. The minimum Gasteiger partial charge on any atom is -0.316 e. The molecule has 3 atom stereocenters. The van der Waals surface area contributed by atoms with E-state index in [1.54, 1.807) is 12.1 Å². The zero-order valence-corrected chi connectivity index (χ0v) is 11.2. The fraction of sp³-hybridized carbons (Fsp3) is 0.571. The second-order valence-corrected chi connectivity index (χ2v) is 5.43. The first-order valence-corrected chi connectivity index (χ1v) is 6.42. The van der Waals surface area contributed by atoms with E-state index in [1.165, 1.54) is 12.1 Å². The Hall–Kier alpha value is -0.740. The Bertz CT molecular complexity index is 435. The van der Waals surface area contributed by atoms with Crippen LogP contribution in [0.1, 0.15) is 29.9 Å². The predicted molar refractivity (Wildman–Crippen MR) is 70.5 cm³/mol. The molecule has 19 heavy (non-hydrogen) atoms. The number of hydrogen-bond acceptors (Lipinski definition) is 1. The van der Waals surface area contributed by atoms with Crippen LogP contribution < -0.4 is 5.32 Å². The number of halogens is 4. The van der Waals surface area contributed by atoms with E-state index in [0.717, 1.165) is 25.9 Å². The largest absolute Gasteiger partial charge is 0.416 e. The van der Waals surface area contributed by atoms with Gasteiger partial charge in [0.1, 0.15) is 0 Å². The average Bonchev–Trinajstić information content (AvgIpc) is 2.87. The van der Waals surface area contributed by atoms with Crippen molar-refractivity contribution in [2.45, 2.75) is 24.9 Å². The number of alkyl halides is 3. The Labute approximate surface area is 117 Å². The summed E-state index contributed by atoms with van der Waals surface area (Å²) in [6, 6.07) is 6.06. The first-order chi connectivity index (χ1) is 8.55. The maximum atomic E-state index is 13.0. The molecule has 0 spiro atoms. The van der Waals surface area contributed by atoms with E-state index in [9.17, 15) is 13.2 Å². The van der Waals surface area contributed by atoms with Crippen molar-refractivity contribution in [3.63, 3.8) is 0 Å². The van der Waals surface area contributed by atoms with Crippen LogP contribution in [0.3, 0.4) is 0 Å². The molecule has 1 nitrogen and oxygen atoms in total. The van der Waals surface area contributed by atoms with Crippen LogP contribution >= 0.6 is 12.4 Å². The number of benzene rings is 1. The second kappa shape index (κ2) is 5.33. The summed E-state index contributed by atoms with van der Waals surface area (Å²) >= 11 is 0. The van der Waals surface area contributed by atoms with Crippen LogP contribution in [-0.2, 0) is 6.18 Å². The van der Waals surface area contributed by atoms with Gasteiger partial charge in [-0.2, -0.15) is 13.2 Å². The molecule has 1 aromatic carbocycles. The third-order valence-corrected chi connectivity index (χ3v) is 4.36. The maximum absolute atomic E-state index is 13.0. The normalized spacial score (nSPS) is 29.9. The fourth-order valence-corrected chi connectivity index (χ4v) is 3.53. The Balaban J connectivity index is 0.00000133. The van der Waals surface area contributed by atoms with Crippen LogP contribution in [0.25, 0.3) is 0 Å². The summed E-state index contributed by atoms with van der Waals surface area (Å²) in [5, 5.41) is 3.32. The standard InChI is InChI=1S/C14H16F3N.ClH/c15-14(16,17)13-4-2-1-3-12(13)9-5-10-7-18-8-11(10)6-9;/h1-4,9-11,18H,5-8H2;1H/t9-,10+,11-;. The fourth-order valence-electron chi connectivity index (χ4n) is 3.53. The van der Waals surface area contributed by atoms with Crippen molar-refractivity contribution in [1.82, 2.24) is 5.32 Å². The van der Waals surface area contributed by atoms with Crippen LogP contribution in [0.2, 0.25) is 0 Å². The SMILES string of the molecule is Cl.FC(F)(F)c1ccccc1[C@@H]1C[C@H]2CNC[C@H]2C1. The molecule has 1 N–H and O–H groups in total. The predicted octanol–water partition coefficient (Wildman–Crippen LogP) is 3.84. The molecule has 106 valence electrons. The molecule has 1 saturated heterocycles. The summed E-state index contributed by atoms with van der Waals surface area (Å²) in [6.45, 7) is 1.94. The minimum atomic E-state index is -4.23. The van der Waals surface area contributed by atoms with E-state index in [4.69, 9.17) is 0 Å². The maximum Gasteiger partial charge on any atom is 0.416 e. The van der Waals surface area contributed by atoms with Crippen molar-refractivity contribution in [3.05, 3.63) is 35.4 Å². The minimum absolute atomic E-state index is 0. The lowest BCUT2D eigenvalue weighted by molar-refractivity contribution is -0.138. The number of rotatable bonds is 1. The van der Waals surface area contributed by atoms with Gasteiger partial charge in [0.25, 0.3) is 0 Å². The molecule has 2 aliphatic rings. The highest BCUT2D eigenvalue weighted by Gasteiger charge is 2.41. The molecule has 1 heterocycles. The van der Waals surface area contributed by atoms with E-state index in [2.05, 4.69) is 5.32 Å². The number of hydrogen-bond donors (Lipinski definition) is 1. The highest BCUT2D eigenvalue weighted by Crippen LogP contribution is 2.47. The lowest BCUT2D eigenvalue weighted by atomic mass is 9.91. The molecule has 5 heteroatoms. The highest BCUT2D eigenvalue weighted by molar-refractivity contribution is 5.85. The highest BCUT2D eigenvalue weighted by atomic mass is 35.5. The van der Waals surface area contributed by atoms with Crippen molar-refractivity contribution < 1.29 is 13.2 Å². The van der Waals surface area contributed by atoms with Crippen LogP contribution in [0.15, 0.2) is 24.3 Å². The Morgan fingerprint density at radius 1 is 1.00 bits per heavy atom. The van der Waals surface area contributed by atoms with E-state index in [1.807, 2.05) is 0 Å². The van der Waals surface area contributed by atoms with Gasteiger partial charge in [0, 0.05) is 0 Å². The third-order valence-electron chi connectivity index (χ3n) is 4.36. The van der Waals surface area contributed by atoms with E-state index < -0.39 is 11.7 Å². The average molecular weight is 292 g/mol. The zero-order valence-electron chi connectivity index (χ0n) is 10.4. The van der Waals surface area contributed by atoms with Gasteiger partial charge in [0.2, 0.25) is 0 Å². The van der Waals surface area contributed by atoms with Crippen molar-refractivity contribution in [1.29, 1.82) is 0 Å². The zero-order chi connectivity index (χ0) is 12.8. The quantitative estimate of drug-likeness (QED) is 0.829. The molecular weight excluding hydrogens is 275 g/mol. The topological polar surface area (TPSA) is 12.0 Å². The summed E-state index contributed by atoms with van der Waals surface area (Å²) in [5.74, 6) is 1.22. The molecule has 1 aliphatic heterocycles. The van der Waals surface area contributed by atoms with Gasteiger partial charge >= 0.3 is 6.18 Å². The van der Waals surface area contributed by atoms with Gasteiger partial charge in [-0.05, 0) is 55.3 Å². The summed E-state index contributed by atoms with van der Waals surface area (Å²) in [7, 11) is 0. The lowest BCUT2D eigenvalue weighted by Gasteiger charge is -2.18. The van der Waals surface area contributed by atoms with Gasteiger partial charge in [0.05, 0.1) is 5.56 Å². The van der Waals surface area contributed by atoms with E-state index in [0.29, 0.717) is 17.4 Å². The molecule has 0 amide bonds. The van der Waals surface area contributed by atoms with Gasteiger partial charge < -0.3 is 5.32 Å². The first kappa shape index (κ1) is 14.7. The summed E-state index contributed by atoms with van der Waals surface area (Å²) in [4.78, 5) is 0. The molecule has 1 aliphatic carbocycles. The second-order valence-electron chi connectivity index (χ2n) is 5.43. The number of fused-ring (bicyclic) bond motifs is 1. The monoisotopic (exact) mass is 291 g/mol. The van der Waals surface area contributed by atoms with Gasteiger partial charge in [-0.15, -0.1) is 12.4 Å². The van der Waals surface area contributed by atoms with Gasteiger partial charge in [-0.3, -0.25) is 0 Å². The van der Waals surface area contributed by atoms with Gasteiger partial charge in [-0.1, -0.05) is 18.2 Å². The molecule has 3 rings (SSSR count). The molecule has 1 saturated carbocycles. The van der Waals surface area contributed by atoms with Crippen molar-refractivity contribution in [2.24, 2.45) is 11.8 Å². The number of nitrogens with one attached hydrogen (secondary N) is 1. The molecule has 1 aromatic rings. The van der Waals surface area contributed by atoms with Crippen molar-refractivity contribution in [3.8, 4) is 0 Å². The smallest absolute Gasteiger partial charge is 0.316 e. The van der Waals surface area contributed by atoms with Gasteiger partial charge in [0.15, 0.2) is 0 Å². The Morgan fingerprint density at radius 2 is 1.58 bits per heavy atom. The summed E-state index contributed by atoms with van der Waals surface area (Å²) in [6.07, 6.45) is -2.44. The Kier molecular flexibility index (Phi) is 4.11. The first-order valence-electron chi connectivity index (χ1n) is 6.42. The van der Waals surface area contributed by atoms with Crippen LogP contribution in [-0.4, -0.2) is 13.1 Å². The van der Waals surface area contributed by atoms with E-state index >= 15 is 0 Å². The molecule has 2 fully saturated rings. The summed E-state index contributed by atoms with van der Waals surface area (Å²) in [5.41, 5.74) is 0.0577. The van der Waals surface area contributed by atoms with Gasteiger partial charge in [-0.25, -0.2) is 0 Å². The van der Waals surface area contributed by atoms with E-state index in [-0.39, 0.29) is 18.3 Å². The molecule has 0 radical (unpaired) electrons. The van der Waals surface area contributed by atoms with Crippen LogP contribution in [0.5, 0.6) is 0 Å². The Morgan fingerprint density at radius 3 is 2.16 bits per heavy atom. The third kappa shape index (κ3) is 2.75. The van der Waals surface area contributed by atoms with Crippen molar-refractivity contribution in [2.75, 3.05) is 13.1 Å². The lowest BCUT2D eigenvalue weighted by Crippen LogP contribution is -2.14. The van der Waals surface area contributed by atoms with Crippen molar-refractivity contribution >= 4 is 12.4 Å². The summed E-state index contributed by atoms with van der Waals surface area (Å²) < 4.78 is 38.9. The molecule has 0 bridgehead atoms. The molecule has 0 aromatic heterocycles.